The van der Waals surface area contributed by atoms with E-state index in [-0.39, 0.29) is 0 Å². The minimum absolute atomic E-state index is 1.29. The van der Waals surface area contributed by atoms with Crippen molar-refractivity contribution in [2.75, 3.05) is 0 Å². The average Bonchev–Trinajstić information content (AvgIpc) is 2.43. The fourth-order valence-corrected chi connectivity index (χ4v) is 2.43. The van der Waals surface area contributed by atoms with Crippen molar-refractivity contribution in [2.24, 2.45) is 0 Å². The second-order valence-corrected chi connectivity index (χ2v) is 5.51. The molecular formula is C15H17ClNO4+. The van der Waals surface area contributed by atoms with Crippen LogP contribution in [0.2, 0.25) is 0 Å². The Bertz CT molecular complexity index is 661. The summed E-state index contributed by atoms with van der Waals surface area (Å²) in [5.74, 6) is 0. The van der Waals surface area contributed by atoms with Gasteiger partial charge in [-0.2, -0.15) is 4.40 Å². The Balaban J connectivity index is 0.000000282. The minimum atomic E-state index is -4.19. The van der Waals surface area contributed by atoms with Crippen LogP contribution in [0.15, 0.2) is 48.7 Å². The van der Waals surface area contributed by atoms with E-state index in [4.69, 9.17) is 18.6 Å². The fraction of sp³-hybridized carbons (Fsp3) is 0.133. The van der Waals surface area contributed by atoms with Crippen LogP contribution >= 0.6 is 0 Å². The number of aromatic nitrogens is 1. The molecule has 3 rings (SSSR count). The number of fused-ring (bicyclic) bond motifs is 2. The summed E-state index contributed by atoms with van der Waals surface area (Å²) >= 11 is 0. The van der Waals surface area contributed by atoms with E-state index in [0.29, 0.717) is 0 Å². The number of hydrogen-bond acceptors (Lipinski definition) is 4. The molecule has 0 unspecified atom stereocenters. The molecule has 3 aromatic rings. The van der Waals surface area contributed by atoms with Gasteiger partial charge in [0.15, 0.2) is 11.9 Å². The first-order chi connectivity index (χ1) is 9.79. The molecule has 0 aliphatic rings. The quantitative estimate of drug-likeness (QED) is 0.412. The molecule has 3 N–H and O–H groups in total. The van der Waals surface area contributed by atoms with Crippen LogP contribution in [0.1, 0.15) is 11.3 Å². The number of rotatable bonds is 0. The van der Waals surface area contributed by atoms with E-state index in [1.165, 1.54) is 27.5 Å². The predicted octanol–water partition coefficient (Wildman–Crippen LogP) is 0.335. The standard InChI is InChI=1S/C15H14N.ClH3O4/c1-11-13-7-3-4-8-14(13)12(2)16-10-6-5-9-15(11)16;2-1(3,4)5/h3-10H,1-2H3;2-4H/q+1;. The molecule has 0 saturated carbocycles. The van der Waals surface area contributed by atoms with E-state index in [0.717, 1.165) is 0 Å². The Morgan fingerprint density at radius 3 is 2.05 bits per heavy atom. The molecule has 1 aromatic carbocycles. The van der Waals surface area contributed by atoms with Gasteiger partial charge in [-0.05, 0) is 24.4 Å². The van der Waals surface area contributed by atoms with Gasteiger partial charge in [0.05, 0.1) is 0 Å². The van der Waals surface area contributed by atoms with Gasteiger partial charge in [0.25, 0.3) is 0 Å². The molecule has 2 heterocycles. The monoisotopic (exact) mass is 310 g/mol. The first-order valence-corrected chi connectivity index (χ1v) is 7.56. The Hall–Kier alpha value is -1.76. The summed E-state index contributed by atoms with van der Waals surface area (Å²) in [5, 5.41) is 2.69. The third-order valence-corrected chi connectivity index (χ3v) is 3.33. The van der Waals surface area contributed by atoms with E-state index in [1.54, 1.807) is 0 Å². The van der Waals surface area contributed by atoms with E-state index >= 15 is 0 Å². The molecule has 0 amide bonds. The number of pyridine rings is 2. The van der Waals surface area contributed by atoms with Gasteiger partial charge in [0, 0.05) is 30.0 Å². The van der Waals surface area contributed by atoms with Crippen molar-refractivity contribution < 1.29 is 33.3 Å². The van der Waals surface area contributed by atoms with Crippen LogP contribution in [0.4, 0.5) is 0 Å². The SMILES string of the molecule is Cc1c2ccccc2c(C)[n+]2ccccc12.[O-][Cl+](O)(O)O. The normalized spacial score (nSPS) is 12.1. The van der Waals surface area contributed by atoms with Crippen LogP contribution in [0.25, 0.3) is 16.3 Å². The Kier molecular flexibility index (Phi) is 4.41. The first kappa shape index (κ1) is 15.6. The summed E-state index contributed by atoms with van der Waals surface area (Å²) in [4.78, 5) is 0. The van der Waals surface area contributed by atoms with Gasteiger partial charge in [-0.3, -0.25) is 0 Å². The molecule has 0 aliphatic carbocycles. The van der Waals surface area contributed by atoms with Crippen LogP contribution in [0.5, 0.6) is 0 Å². The molecule has 0 atom stereocenters. The molecular weight excluding hydrogens is 294 g/mol. The first-order valence-electron chi connectivity index (χ1n) is 6.23. The zero-order valence-corrected chi connectivity index (χ0v) is 12.4. The number of benzene rings is 1. The molecule has 5 nitrogen and oxygen atoms in total. The Morgan fingerprint density at radius 2 is 1.43 bits per heavy atom. The number of hydrogen-bond donors (Lipinski definition) is 3. The summed E-state index contributed by atoms with van der Waals surface area (Å²) < 4.78 is 32.5. The summed E-state index contributed by atoms with van der Waals surface area (Å²) in [5.41, 5.74) is 3.94. The number of aryl methyl sites for hydroxylation is 2. The third kappa shape index (κ3) is 3.66. The zero-order valence-electron chi connectivity index (χ0n) is 11.7. The maximum atomic E-state index is 8.83. The fourth-order valence-electron chi connectivity index (χ4n) is 2.43. The second kappa shape index (κ2) is 5.93. The van der Waals surface area contributed by atoms with Gasteiger partial charge in [0.2, 0.25) is 5.52 Å². The molecule has 2 aromatic heterocycles. The molecule has 0 aliphatic heterocycles. The zero-order chi connectivity index (χ0) is 15.6. The van der Waals surface area contributed by atoms with E-state index in [2.05, 4.69) is 66.9 Å². The molecule has 0 saturated heterocycles. The molecule has 6 heteroatoms. The van der Waals surface area contributed by atoms with Crippen molar-refractivity contribution in [2.45, 2.75) is 13.8 Å². The van der Waals surface area contributed by atoms with E-state index in [9.17, 15) is 0 Å². The van der Waals surface area contributed by atoms with Crippen molar-refractivity contribution in [3.05, 3.63) is 59.9 Å². The van der Waals surface area contributed by atoms with Gasteiger partial charge >= 0.3 is 28.9 Å². The van der Waals surface area contributed by atoms with Gasteiger partial charge < -0.3 is 0 Å². The van der Waals surface area contributed by atoms with Crippen LogP contribution in [-0.2, 0) is 0 Å². The third-order valence-electron chi connectivity index (χ3n) is 3.33. The van der Waals surface area contributed by atoms with Gasteiger partial charge in [0.1, 0.15) is 0 Å². The molecule has 0 radical (unpaired) electrons. The second-order valence-electron chi connectivity index (χ2n) is 4.65. The molecule has 0 spiro atoms. The molecule has 112 valence electrons. The summed E-state index contributed by atoms with van der Waals surface area (Å²) in [6.07, 6.45) is 2.13. The van der Waals surface area contributed by atoms with Crippen molar-refractivity contribution in [1.29, 1.82) is 0 Å². The Morgan fingerprint density at radius 1 is 0.905 bits per heavy atom. The van der Waals surface area contributed by atoms with Crippen LogP contribution < -0.4 is 9.06 Å². The molecule has 0 fully saturated rings. The van der Waals surface area contributed by atoms with Crippen molar-refractivity contribution in [3.63, 3.8) is 0 Å². The summed E-state index contributed by atoms with van der Waals surface area (Å²) in [6.45, 7) is 4.37. The van der Waals surface area contributed by atoms with Crippen molar-refractivity contribution in [3.8, 4) is 0 Å². The topological polar surface area (TPSA) is 87.9 Å². The molecule has 0 bridgehead atoms. The summed E-state index contributed by atoms with van der Waals surface area (Å²) in [7, 11) is -4.19. The van der Waals surface area contributed by atoms with Gasteiger partial charge in [-0.15, -0.1) is 0 Å². The number of nitrogens with zero attached hydrogens (tertiary/aromatic N) is 1. The van der Waals surface area contributed by atoms with Crippen molar-refractivity contribution >= 4 is 16.3 Å². The average molecular weight is 311 g/mol. The van der Waals surface area contributed by atoms with Crippen LogP contribution in [0, 0.1) is 24.1 Å². The Labute approximate surface area is 124 Å². The van der Waals surface area contributed by atoms with Crippen molar-refractivity contribution in [1.82, 2.24) is 0 Å². The van der Waals surface area contributed by atoms with Gasteiger partial charge in [-0.25, -0.2) is 0 Å². The van der Waals surface area contributed by atoms with E-state index in [1.807, 2.05) is 0 Å². The maximum absolute atomic E-state index is 8.83. The predicted molar refractivity (Wildman–Crippen MR) is 73.2 cm³/mol. The van der Waals surface area contributed by atoms with Gasteiger partial charge in [-0.1, -0.05) is 18.2 Å². The van der Waals surface area contributed by atoms with Crippen LogP contribution in [-0.4, -0.2) is 14.0 Å². The summed E-state index contributed by atoms with van der Waals surface area (Å²) in [6, 6.07) is 14.9. The van der Waals surface area contributed by atoms with Crippen LogP contribution in [0.3, 0.4) is 0 Å². The van der Waals surface area contributed by atoms with E-state index < -0.39 is 10.2 Å². The molecule has 21 heavy (non-hydrogen) atoms. The number of halogens is 1.